The predicted octanol–water partition coefficient (Wildman–Crippen LogP) is 3.58. The molecule has 0 aliphatic carbocycles. The van der Waals surface area contributed by atoms with E-state index in [1.807, 2.05) is 10.8 Å². The molecule has 0 fully saturated rings. The molecular weight excluding hydrogens is 273 g/mol. The van der Waals surface area contributed by atoms with Crippen LogP contribution < -0.4 is 5.32 Å². The van der Waals surface area contributed by atoms with Crippen molar-refractivity contribution in [2.45, 2.75) is 6.54 Å². The Balaban J connectivity index is 2.18. The third-order valence-electron chi connectivity index (χ3n) is 2.43. The summed E-state index contributed by atoms with van der Waals surface area (Å²) in [5.74, 6) is 0.705. The van der Waals surface area contributed by atoms with Gasteiger partial charge in [-0.15, -0.1) is 0 Å². The van der Waals surface area contributed by atoms with Crippen LogP contribution in [0.1, 0.15) is 0 Å². The highest BCUT2D eigenvalue weighted by Gasteiger charge is 2.06. The Bertz CT molecular complexity index is 528. The van der Waals surface area contributed by atoms with Crippen LogP contribution in [0, 0.1) is 0 Å². The molecule has 0 aliphatic rings. The average molecular weight is 286 g/mol. The minimum absolute atomic E-state index is 0.598. The monoisotopic (exact) mass is 285 g/mol. The van der Waals surface area contributed by atoms with Gasteiger partial charge in [-0.3, -0.25) is 0 Å². The SMILES string of the molecule is COCCn1ccnc1Nc1cc(Cl)ccc1Cl. The summed E-state index contributed by atoms with van der Waals surface area (Å²) in [6.07, 6.45) is 3.59. The van der Waals surface area contributed by atoms with Gasteiger partial charge >= 0.3 is 0 Å². The third kappa shape index (κ3) is 3.16. The predicted molar refractivity (Wildman–Crippen MR) is 73.8 cm³/mol. The molecule has 0 aliphatic heterocycles. The molecule has 6 heteroatoms. The molecule has 0 amide bonds. The van der Waals surface area contributed by atoms with Crippen LogP contribution in [-0.4, -0.2) is 23.3 Å². The van der Waals surface area contributed by atoms with Crippen LogP contribution in [-0.2, 0) is 11.3 Å². The summed E-state index contributed by atoms with van der Waals surface area (Å²) in [5.41, 5.74) is 0.731. The van der Waals surface area contributed by atoms with E-state index < -0.39 is 0 Å². The zero-order chi connectivity index (χ0) is 13.0. The number of aromatic nitrogens is 2. The molecule has 1 N–H and O–H groups in total. The first-order valence-corrected chi connectivity index (χ1v) is 6.18. The van der Waals surface area contributed by atoms with Gasteiger partial charge in [0.1, 0.15) is 0 Å². The smallest absolute Gasteiger partial charge is 0.207 e. The van der Waals surface area contributed by atoms with Crippen LogP contribution in [0.4, 0.5) is 11.6 Å². The van der Waals surface area contributed by atoms with E-state index in [9.17, 15) is 0 Å². The van der Waals surface area contributed by atoms with Gasteiger partial charge in [0, 0.05) is 31.1 Å². The van der Waals surface area contributed by atoms with E-state index >= 15 is 0 Å². The Labute approximate surface area is 115 Å². The highest BCUT2D eigenvalue weighted by molar-refractivity contribution is 6.35. The highest BCUT2D eigenvalue weighted by atomic mass is 35.5. The van der Waals surface area contributed by atoms with Gasteiger partial charge in [-0.05, 0) is 18.2 Å². The molecule has 1 aromatic heterocycles. The molecule has 0 saturated carbocycles. The van der Waals surface area contributed by atoms with Gasteiger partial charge in [0.15, 0.2) is 0 Å². The largest absolute Gasteiger partial charge is 0.383 e. The zero-order valence-electron chi connectivity index (χ0n) is 9.86. The Morgan fingerprint density at radius 2 is 2.22 bits per heavy atom. The van der Waals surface area contributed by atoms with Crippen LogP contribution in [0.25, 0.3) is 0 Å². The molecule has 0 atom stereocenters. The van der Waals surface area contributed by atoms with Gasteiger partial charge in [0.25, 0.3) is 0 Å². The Kier molecular flexibility index (Phi) is 4.47. The van der Waals surface area contributed by atoms with E-state index in [-0.39, 0.29) is 0 Å². The maximum absolute atomic E-state index is 6.09. The van der Waals surface area contributed by atoms with Crippen LogP contribution in [0.5, 0.6) is 0 Å². The number of methoxy groups -OCH3 is 1. The number of imidazole rings is 1. The van der Waals surface area contributed by atoms with Crippen molar-refractivity contribution in [1.29, 1.82) is 0 Å². The molecule has 0 saturated heterocycles. The van der Waals surface area contributed by atoms with Crippen molar-refractivity contribution in [3.05, 3.63) is 40.6 Å². The summed E-state index contributed by atoms with van der Waals surface area (Å²) in [6, 6.07) is 5.25. The number of anilines is 2. The van der Waals surface area contributed by atoms with Gasteiger partial charge in [0.2, 0.25) is 5.95 Å². The highest BCUT2D eigenvalue weighted by Crippen LogP contribution is 2.27. The Morgan fingerprint density at radius 1 is 1.39 bits per heavy atom. The van der Waals surface area contributed by atoms with E-state index in [1.54, 1.807) is 31.5 Å². The second-order valence-electron chi connectivity index (χ2n) is 3.69. The zero-order valence-corrected chi connectivity index (χ0v) is 11.4. The molecule has 2 aromatic rings. The third-order valence-corrected chi connectivity index (χ3v) is 2.99. The molecular formula is C12H13Cl2N3O. The average Bonchev–Trinajstić information content (AvgIpc) is 2.79. The number of ether oxygens (including phenoxy) is 1. The van der Waals surface area contributed by atoms with Gasteiger partial charge in [0.05, 0.1) is 17.3 Å². The van der Waals surface area contributed by atoms with Crippen molar-refractivity contribution < 1.29 is 4.74 Å². The lowest BCUT2D eigenvalue weighted by molar-refractivity contribution is 0.188. The molecule has 96 valence electrons. The summed E-state index contributed by atoms with van der Waals surface area (Å²) in [4.78, 5) is 4.23. The quantitative estimate of drug-likeness (QED) is 0.913. The maximum Gasteiger partial charge on any atom is 0.207 e. The summed E-state index contributed by atoms with van der Waals surface area (Å²) in [6.45, 7) is 1.34. The van der Waals surface area contributed by atoms with Crippen molar-refractivity contribution in [1.82, 2.24) is 9.55 Å². The summed E-state index contributed by atoms with van der Waals surface area (Å²) in [7, 11) is 1.66. The number of hydrogen-bond donors (Lipinski definition) is 1. The molecule has 0 bridgehead atoms. The standard InChI is InChI=1S/C12H13Cl2N3O/c1-18-7-6-17-5-4-15-12(17)16-11-8-9(13)2-3-10(11)14/h2-5,8H,6-7H2,1H3,(H,15,16). The fourth-order valence-corrected chi connectivity index (χ4v) is 1.85. The number of rotatable bonds is 5. The first-order chi connectivity index (χ1) is 8.70. The molecule has 1 heterocycles. The summed E-state index contributed by atoms with van der Waals surface area (Å²) >= 11 is 12.0. The van der Waals surface area contributed by atoms with Crippen LogP contribution in [0.3, 0.4) is 0 Å². The molecule has 0 spiro atoms. The van der Waals surface area contributed by atoms with Crippen LogP contribution in [0.15, 0.2) is 30.6 Å². The first kappa shape index (κ1) is 13.2. The number of benzene rings is 1. The number of nitrogens with zero attached hydrogens (tertiary/aromatic N) is 2. The Hall–Kier alpha value is -1.23. The molecule has 18 heavy (non-hydrogen) atoms. The van der Waals surface area contributed by atoms with Crippen molar-refractivity contribution in [3.8, 4) is 0 Å². The molecule has 1 aromatic carbocycles. The van der Waals surface area contributed by atoms with E-state index in [2.05, 4.69) is 10.3 Å². The Morgan fingerprint density at radius 3 is 3.00 bits per heavy atom. The fourth-order valence-electron chi connectivity index (χ4n) is 1.52. The van der Waals surface area contributed by atoms with Crippen molar-refractivity contribution in [2.24, 2.45) is 0 Å². The van der Waals surface area contributed by atoms with Crippen molar-refractivity contribution in [3.63, 3.8) is 0 Å². The van der Waals surface area contributed by atoms with Crippen molar-refractivity contribution >= 4 is 34.8 Å². The van der Waals surface area contributed by atoms with E-state index in [1.165, 1.54) is 0 Å². The molecule has 0 radical (unpaired) electrons. The minimum Gasteiger partial charge on any atom is -0.383 e. The maximum atomic E-state index is 6.09. The fraction of sp³-hybridized carbons (Fsp3) is 0.250. The molecule has 4 nitrogen and oxygen atoms in total. The lowest BCUT2D eigenvalue weighted by Crippen LogP contribution is -2.07. The lowest BCUT2D eigenvalue weighted by Gasteiger charge is -2.10. The van der Waals surface area contributed by atoms with Gasteiger partial charge < -0.3 is 14.6 Å². The first-order valence-electron chi connectivity index (χ1n) is 5.43. The van der Waals surface area contributed by atoms with Gasteiger partial charge in [-0.1, -0.05) is 23.2 Å². The van der Waals surface area contributed by atoms with E-state index in [4.69, 9.17) is 27.9 Å². The van der Waals surface area contributed by atoms with Gasteiger partial charge in [-0.25, -0.2) is 4.98 Å². The lowest BCUT2D eigenvalue weighted by atomic mass is 10.3. The van der Waals surface area contributed by atoms with Gasteiger partial charge in [-0.2, -0.15) is 0 Å². The summed E-state index contributed by atoms with van der Waals surface area (Å²) in [5, 5.41) is 4.37. The number of halogens is 2. The number of nitrogens with one attached hydrogen (secondary N) is 1. The van der Waals surface area contributed by atoms with Crippen molar-refractivity contribution in [2.75, 3.05) is 19.0 Å². The second kappa shape index (κ2) is 6.09. The van der Waals surface area contributed by atoms with E-state index in [0.717, 1.165) is 12.2 Å². The molecule has 2 rings (SSSR count). The second-order valence-corrected chi connectivity index (χ2v) is 4.53. The topological polar surface area (TPSA) is 39.1 Å². The normalized spacial score (nSPS) is 10.6. The van der Waals surface area contributed by atoms with Crippen LogP contribution in [0.2, 0.25) is 10.0 Å². The summed E-state index contributed by atoms with van der Waals surface area (Å²) < 4.78 is 6.98. The minimum atomic E-state index is 0.598. The number of hydrogen-bond acceptors (Lipinski definition) is 3. The van der Waals surface area contributed by atoms with E-state index in [0.29, 0.717) is 22.6 Å². The van der Waals surface area contributed by atoms with Crippen LogP contribution >= 0.6 is 23.2 Å². The molecule has 0 unspecified atom stereocenters.